The molecular formula is C14H27F3IN3S. The van der Waals surface area contributed by atoms with E-state index in [1.54, 1.807) is 0 Å². The number of thioether (sulfide) groups is 1. The van der Waals surface area contributed by atoms with E-state index in [0.29, 0.717) is 18.2 Å². The average molecular weight is 453 g/mol. The Labute approximate surface area is 152 Å². The monoisotopic (exact) mass is 453 g/mol. The number of aliphatic imine (C=N–C) groups is 1. The molecule has 0 aliphatic carbocycles. The summed E-state index contributed by atoms with van der Waals surface area (Å²) in [4.78, 5) is 6.71. The fourth-order valence-corrected chi connectivity index (χ4v) is 3.39. The Balaban J connectivity index is 0.00000441. The first-order chi connectivity index (χ1) is 9.96. The lowest BCUT2D eigenvalue weighted by molar-refractivity contribution is -0.135. The summed E-state index contributed by atoms with van der Waals surface area (Å²) >= 11 is 1.99. The lowest BCUT2D eigenvalue weighted by atomic mass is 10.2. The average Bonchev–Trinajstić information content (AvgIpc) is 2.44. The van der Waals surface area contributed by atoms with Crippen molar-refractivity contribution in [2.45, 2.75) is 51.0 Å². The number of hydrogen-bond acceptors (Lipinski definition) is 2. The maximum absolute atomic E-state index is 12.1. The van der Waals surface area contributed by atoms with Gasteiger partial charge >= 0.3 is 6.18 Å². The number of unbranched alkanes of at least 4 members (excludes halogenated alkanes) is 1. The van der Waals surface area contributed by atoms with Crippen molar-refractivity contribution in [1.29, 1.82) is 0 Å². The normalized spacial score (nSPS) is 19.8. The van der Waals surface area contributed by atoms with Crippen molar-refractivity contribution in [3.8, 4) is 0 Å². The van der Waals surface area contributed by atoms with E-state index >= 15 is 0 Å². The maximum atomic E-state index is 12.1. The van der Waals surface area contributed by atoms with Crippen molar-refractivity contribution in [2.24, 2.45) is 4.99 Å². The van der Waals surface area contributed by atoms with Crippen LogP contribution in [0.2, 0.25) is 0 Å². The summed E-state index contributed by atoms with van der Waals surface area (Å²) in [6, 6.07) is 0. The van der Waals surface area contributed by atoms with Crippen molar-refractivity contribution in [1.82, 2.24) is 10.2 Å². The minimum atomic E-state index is -4.05. The van der Waals surface area contributed by atoms with Crippen LogP contribution in [0.3, 0.4) is 0 Å². The molecule has 0 amide bonds. The maximum Gasteiger partial charge on any atom is 0.389 e. The van der Waals surface area contributed by atoms with E-state index in [0.717, 1.165) is 37.8 Å². The number of hydrogen-bond donors (Lipinski definition) is 1. The minimum absolute atomic E-state index is 0. The minimum Gasteiger partial charge on any atom is -0.357 e. The molecule has 22 heavy (non-hydrogen) atoms. The topological polar surface area (TPSA) is 27.6 Å². The van der Waals surface area contributed by atoms with Crippen LogP contribution in [0.25, 0.3) is 0 Å². The quantitative estimate of drug-likeness (QED) is 0.284. The molecule has 1 aliphatic heterocycles. The van der Waals surface area contributed by atoms with Gasteiger partial charge in [-0.3, -0.25) is 4.99 Å². The predicted octanol–water partition coefficient (Wildman–Crippen LogP) is 4.13. The summed E-state index contributed by atoms with van der Waals surface area (Å²) in [6.45, 7) is 7.35. The fourth-order valence-electron chi connectivity index (χ4n) is 2.21. The van der Waals surface area contributed by atoms with Crippen molar-refractivity contribution >= 4 is 41.7 Å². The number of nitrogens with one attached hydrogen (secondary N) is 1. The second kappa shape index (κ2) is 11.6. The van der Waals surface area contributed by atoms with Crippen molar-refractivity contribution in [3.05, 3.63) is 0 Å². The van der Waals surface area contributed by atoms with Crippen molar-refractivity contribution < 1.29 is 13.2 Å². The molecule has 1 fully saturated rings. The van der Waals surface area contributed by atoms with Crippen LogP contribution in [0.4, 0.5) is 13.2 Å². The third-order valence-corrected chi connectivity index (χ3v) is 4.73. The molecule has 1 saturated heterocycles. The van der Waals surface area contributed by atoms with Gasteiger partial charge in [-0.1, -0.05) is 6.92 Å². The Morgan fingerprint density at radius 3 is 2.64 bits per heavy atom. The third kappa shape index (κ3) is 9.32. The lowest BCUT2D eigenvalue weighted by Crippen LogP contribution is -2.48. The predicted molar refractivity (Wildman–Crippen MR) is 99.4 cm³/mol. The molecule has 1 atom stereocenters. The lowest BCUT2D eigenvalue weighted by Gasteiger charge is -2.34. The van der Waals surface area contributed by atoms with E-state index in [9.17, 15) is 13.2 Å². The molecule has 0 bridgehead atoms. The van der Waals surface area contributed by atoms with Crippen molar-refractivity contribution in [3.63, 3.8) is 0 Å². The van der Waals surface area contributed by atoms with Gasteiger partial charge in [0.05, 0.1) is 0 Å². The zero-order valence-electron chi connectivity index (χ0n) is 13.3. The molecule has 1 unspecified atom stereocenters. The van der Waals surface area contributed by atoms with Gasteiger partial charge in [-0.25, -0.2) is 0 Å². The van der Waals surface area contributed by atoms with Gasteiger partial charge < -0.3 is 10.2 Å². The Morgan fingerprint density at radius 2 is 2.05 bits per heavy atom. The highest BCUT2D eigenvalue weighted by atomic mass is 127. The highest BCUT2D eigenvalue weighted by Crippen LogP contribution is 2.22. The zero-order chi connectivity index (χ0) is 15.7. The molecule has 0 saturated carbocycles. The Kier molecular flexibility index (Phi) is 11.7. The number of halogens is 4. The first kappa shape index (κ1) is 22.1. The van der Waals surface area contributed by atoms with Gasteiger partial charge in [0.1, 0.15) is 0 Å². The summed E-state index contributed by atoms with van der Waals surface area (Å²) in [5.41, 5.74) is 0. The molecule has 3 nitrogen and oxygen atoms in total. The van der Waals surface area contributed by atoms with Gasteiger partial charge in [0, 0.05) is 43.6 Å². The molecule has 0 radical (unpaired) electrons. The van der Waals surface area contributed by atoms with Crippen LogP contribution in [-0.4, -0.2) is 54.2 Å². The largest absolute Gasteiger partial charge is 0.389 e. The SMILES string of the molecule is CCNC(=NCCCCC(F)(F)F)N1CCSC(CC)C1.I. The summed E-state index contributed by atoms with van der Waals surface area (Å²) in [5, 5.41) is 3.87. The van der Waals surface area contributed by atoms with Gasteiger partial charge in [-0.2, -0.15) is 24.9 Å². The zero-order valence-corrected chi connectivity index (χ0v) is 16.4. The first-order valence-corrected chi connectivity index (χ1v) is 8.72. The molecule has 0 aromatic rings. The molecule has 0 aromatic carbocycles. The number of rotatable bonds is 6. The van der Waals surface area contributed by atoms with Gasteiger partial charge in [-0.15, -0.1) is 24.0 Å². The van der Waals surface area contributed by atoms with E-state index in [2.05, 4.69) is 22.1 Å². The van der Waals surface area contributed by atoms with Crippen LogP contribution in [0.15, 0.2) is 4.99 Å². The molecular weight excluding hydrogens is 426 g/mol. The van der Waals surface area contributed by atoms with Crippen LogP contribution in [0.1, 0.15) is 39.5 Å². The number of alkyl halides is 3. The smallest absolute Gasteiger partial charge is 0.357 e. The summed E-state index contributed by atoms with van der Waals surface area (Å²) in [6.07, 6.45) is -3.00. The molecule has 1 heterocycles. The first-order valence-electron chi connectivity index (χ1n) is 7.68. The van der Waals surface area contributed by atoms with Gasteiger partial charge in [0.2, 0.25) is 0 Å². The second-order valence-electron chi connectivity index (χ2n) is 5.16. The molecule has 0 spiro atoms. The van der Waals surface area contributed by atoms with Gasteiger partial charge in [0.25, 0.3) is 0 Å². The summed E-state index contributed by atoms with van der Waals surface area (Å²) in [5.74, 6) is 1.93. The van der Waals surface area contributed by atoms with E-state index < -0.39 is 12.6 Å². The Hall–Kier alpha value is 0.140. The molecule has 1 rings (SSSR count). The van der Waals surface area contributed by atoms with Crippen LogP contribution >= 0.6 is 35.7 Å². The van der Waals surface area contributed by atoms with Crippen LogP contribution < -0.4 is 5.32 Å². The molecule has 8 heteroatoms. The highest BCUT2D eigenvalue weighted by molar-refractivity contribution is 14.0. The van der Waals surface area contributed by atoms with E-state index in [-0.39, 0.29) is 30.4 Å². The molecule has 1 aliphatic rings. The van der Waals surface area contributed by atoms with E-state index in [4.69, 9.17) is 0 Å². The fraction of sp³-hybridized carbons (Fsp3) is 0.929. The highest BCUT2D eigenvalue weighted by Gasteiger charge is 2.26. The van der Waals surface area contributed by atoms with Gasteiger partial charge in [0.15, 0.2) is 5.96 Å². The molecule has 1 N–H and O–H groups in total. The van der Waals surface area contributed by atoms with Crippen molar-refractivity contribution in [2.75, 3.05) is 31.9 Å². The Bertz CT molecular complexity index is 327. The third-order valence-electron chi connectivity index (χ3n) is 3.36. The second-order valence-corrected chi connectivity index (χ2v) is 6.56. The van der Waals surface area contributed by atoms with E-state index in [1.165, 1.54) is 0 Å². The van der Waals surface area contributed by atoms with Crippen LogP contribution in [0, 0.1) is 0 Å². The summed E-state index contributed by atoms with van der Waals surface area (Å²) in [7, 11) is 0. The summed E-state index contributed by atoms with van der Waals surface area (Å²) < 4.78 is 36.2. The number of nitrogens with zero attached hydrogens (tertiary/aromatic N) is 2. The van der Waals surface area contributed by atoms with Crippen LogP contribution in [-0.2, 0) is 0 Å². The van der Waals surface area contributed by atoms with Crippen LogP contribution in [0.5, 0.6) is 0 Å². The van der Waals surface area contributed by atoms with Gasteiger partial charge in [-0.05, 0) is 26.2 Å². The Morgan fingerprint density at radius 1 is 1.32 bits per heavy atom. The van der Waals surface area contributed by atoms with E-state index in [1.807, 2.05) is 18.7 Å². The molecule has 0 aromatic heterocycles. The molecule has 132 valence electrons. The number of guanidine groups is 1. The standard InChI is InChI=1S/C14H26F3N3S.HI/c1-3-12-11-20(9-10-21-12)13(18-4-2)19-8-6-5-7-14(15,16)17;/h12H,3-11H2,1-2H3,(H,18,19);1H.